The van der Waals surface area contributed by atoms with Crippen molar-refractivity contribution in [3.63, 3.8) is 0 Å². The molecule has 40 valence electrons. The zero-order valence-corrected chi connectivity index (χ0v) is 3.79. The minimum Gasteiger partial charge on any atom is -0.411 e. The fraction of sp³-hybridized carbons (Fsp3) is 0.333. The van der Waals surface area contributed by atoms with Crippen LogP contribution >= 0.6 is 0 Å². The first-order valence-corrected chi connectivity index (χ1v) is 1.60. The van der Waals surface area contributed by atoms with Gasteiger partial charge in [-0.1, -0.05) is 5.16 Å². The predicted octanol–water partition coefficient (Wildman–Crippen LogP) is -0.0330. The Balaban J connectivity index is 3.14. The third-order valence-corrected chi connectivity index (χ3v) is 0.266. The Hall–Kier alpha value is -1.06. The van der Waals surface area contributed by atoms with Crippen LogP contribution in [0.2, 0.25) is 0 Å². The molecule has 0 aromatic carbocycles. The van der Waals surface area contributed by atoms with Gasteiger partial charge in [-0.2, -0.15) is 0 Å². The zero-order valence-electron chi connectivity index (χ0n) is 3.79. The van der Waals surface area contributed by atoms with E-state index in [1.165, 1.54) is 6.92 Å². The van der Waals surface area contributed by atoms with Crippen LogP contribution in [0.1, 0.15) is 6.92 Å². The van der Waals surface area contributed by atoms with Crippen LogP contribution in [0, 0.1) is 0 Å². The van der Waals surface area contributed by atoms with Crippen molar-refractivity contribution in [2.24, 2.45) is 5.16 Å². The van der Waals surface area contributed by atoms with E-state index in [2.05, 4.69) is 9.89 Å². The Morgan fingerprint density at radius 1 is 2.00 bits per heavy atom. The maximum atomic E-state index is 9.78. The molecule has 0 saturated carbocycles. The molecule has 0 atom stereocenters. The molecule has 0 aliphatic heterocycles. The summed E-state index contributed by atoms with van der Waals surface area (Å²) in [7, 11) is 0. The Kier molecular flexibility index (Phi) is 2.67. The SMILES string of the molecule is CC(=O)OC=NO. The number of rotatable bonds is 1. The first-order chi connectivity index (χ1) is 3.27. The fourth-order valence-corrected chi connectivity index (χ4v) is 0.0978. The second-order valence-electron chi connectivity index (χ2n) is 0.830. The molecule has 0 amide bonds. The van der Waals surface area contributed by atoms with E-state index in [1.54, 1.807) is 0 Å². The summed E-state index contributed by atoms with van der Waals surface area (Å²) in [6.45, 7) is 1.21. The number of esters is 1. The van der Waals surface area contributed by atoms with Crippen LogP contribution in [0.4, 0.5) is 0 Å². The summed E-state index contributed by atoms with van der Waals surface area (Å²) >= 11 is 0. The van der Waals surface area contributed by atoms with Crippen molar-refractivity contribution < 1.29 is 14.7 Å². The highest BCUT2D eigenvalue weighted by Crippen LogP contribution is 1.66. The molecule has 0 bridgehead atoms. The van der Waals surface area contributed by atoms with E-state index >= 15 is 0 Å². The molecule has 0 aromatic rings. The number of hydrogen-bond donors (Lipinski definition) is 1. The highest BCUT2D eigenvalue weighted by Gasteiger charge is 1.82. The van der Waals surface area contributed by atoms with Crippen LogP contribution in [0.5, 0.6) is 0 Å². The van der Waals surface area contributed by atoms with Crippen LogP contribution in [0.3, 0.4) is 0 Å². The van der Waals surface area contributed by atoms with Gasteiger partial charge in [0.2, 0.25) is 6.40 Å². The van der Waals surface area contributed by atoms with Gasteiger partial charge in [-0.15, -0.1) is 0 Å². The van der Waals surface area contributed by atoms with E-state index in [0.717, 1.165) is 0 Å². The molecular formula is C3H5NO3. The highest BCUT2D eigenvalue weighted by atomic mass is 16.6. The van der Waals surface area contributed by atoms with Crippen LogP contribution in [-0.2, 0) is 9.53 Å². The van der Waals surface area contributed by atoms with E-state index < -0.39 is 5.97 Å². The molecule has 4 heteroatoms. The lowest BCUT2D eigenvalue weighted by molar-refractivity contribution is -0.132. The highest BCUT2D eigenvalue weighted by molar-refractivity contribution is 5.75. The lowest BCUT2D eigenvalue weighted by Gasteiger charge is -1.83. The minimum atomic E-state index is -0.502. The zero-order chi connectivity index (χ0) is 5.70. The van der Waals surface area contributed by atoms with Crippen molar-refractivity contribution in [1.82, 2.24) is 0 Å². The Labute approximate surface area is 40.4 Å². The van der Waals surface area contributed by atoms with Crippen molar-refractivity contribution in [2.45, 2.75) is 6.92 Å². The number of nitrogens with zero attached hydrogens (tertiary/aromatic N) is 1. The van der Waals surface area contributed by atoms with Crippen molar-refractivity contribution in [2.75, 3.05) is 0 Å². The summed E-state index contributed by atoms with van der Waals surface area (Å²) < 4.78 is 4.01. The second-order valence-corrected chi connectivity index (χ2v) is 0.830. The molecule has 0 heterocycles. The molecule has 0 unspecified atom stereocenters. The predicted molar refractivity (Wildman–Crippen MR) is 22.0 cm³/mol. The fourth-order valence-electron chi connectivity index (χ4n) is 0.0978. The minimum absolute atomic E-state index is 0.502. The summed E-state index contributed by atoms with van der Waals surface area (Å²) in [6.07, 6.45) is 0.655. The number of carbonyl (C=O) groups is 1. The third kappa shape index (κ3) is 4.94. The molecule has 0 rings (SSSR count). The van der Waals surface area contributed by atoms with Crippen molar-refractivity contribution in [3.05, 3.63) is 0 Å². The van der Waals surface area contributed by atoms with Crippen LogP contribution in [-0.4, -0.2) is 17.6 Å². The molecule has 0 saturated heterocycles. The van der Waals surface area contributed by atoms with Crippen molar-refractivity contribution in [3.8, 4) is 0 Å². The van der Waals surface area contributed by atoms with E-state index in [0.29, 0.717) is 6.40 Å². The third-order valence-electron chi connectivity index (χ3n) is 0.266. The maximum absolute atomic E-state index is 9.78. The van der Waals surface area contributed by atoms with E-state index in [1.807, 2.05) is 0 Å². The van der Waals surface area contributed by atoms with Gasteiger partial charge in [-0.05, 0) is 0 Å². The standard InChI is InChI=1S/C3H5NO3/c1-3(5)7-2-4-6/h2,6H,1H3. The number of hydrogen-bond acceptors (Lipinski definition) is 4. The average Bonchev–Trinajstić information content (AvgIpc) is 1.61. The number of oxime groups is 1. The first-order valence-electron chi connectivity index (χ1n) is 1.60. The van der Waals surface area contributed by atoms with Gasteiger partial charge in [0.15, 0.2) is 0 Å². The van der Waals surface area contributed by atoms with E-state index in [-0.39, 0.29) is 0 Å². The van der Waals surface area contributed by atoms with Crippen LogP contribution < -0.4 is 0 Å². The molecule has 0 aliphatic carbocycles. The van der Waals surface area contributed by atoms with Gasteiger partial charge in [-0.25, -0.2) is 0 Å². The smallest absolute Gasteiger partial charge is 0.309 e. The summed E-state index contributed by atoms with van der Waals surface area (Å²) in [5.74, 6) is -0.502. The largest absolute Gasteiger partial charge is 0.411 e. The Morgan fingerprint density at radius 3 is 2.71 bits per heavy atom. The van der Waals surface area contributed by atoms with Gasteiger partial charge in [-0.3, -0.25) is 4.79 Å². The number of carbonyl (C=O) groups excluding carboxylic acids is 1. The van der Waals surface area contributed by atoms with Crippen LogP contribution in [0.15, 0.2) is 5.16 Å². The average molecular weight is 103 g/mol. The van der Waals surface area contributed by atoms with Gasteiger partial charge in [0.05, 0.1) is 0 Å². The van der Waals surface area contributed by atoms with Gasteiger partial charge in [0.25, 0.3) is 0 Å². The van der Waals surface area contributed by atoms with Crippen molar-refractivity contribution in [1.29, 1.82) is 0 Å². The maximum Gasteiger partial charge on any atom is 0.309 e. The van der Waals surface area contributed by atoms with Crippen molar-refractivity contribution >= 4 is 12.4 Å². The molecule has 1 N–H and O–H groups in total. The van der Waals surface area contributed by atoms with Gasteiger partial charge in [0, 0.05) is 6.92 Å². The van der Waals surface area contributed by atoms with E-state index in [4.69, 9.17) is 5.21 Å². The lowest BCUT2D eigenvalue weighted by Crippen LogP contribution is -1.94. The summed E-state index contributed by atoms with van der Waals surface area (Å²) in [5.41, 5.74) is 0. The number of ether oxygens (including phenoxy) is 1. The normalized spacial score (nSPS) is 9.29. The Bertz CT molecular complexity index is 88.2. The summed E-state index contributed by atoms with van der Waals surface area (Å²) in [5, 5.41) is 10.0. The monoisotopic (exact) mass is 103 g/mol. The molecule has 0 aliphatic rings. The molecule has 0 radical (unpaired) electrons. The summed E-state index contributed by atoms with van der Waals surface area (Å²) in [6, 6.07) is 0. The summed E-state index contributed by atoms with van der Waals surface area (Å²) in [4.78, 5) is 9.78. The quantitative estimate of drug-likeness (QED) is 0.167. The van der Waals surface area contributed by atoms with E-state index in [9.17, 15) is 4.79 Å². The molecule has 0 aromatic heterocycles. The van der Waals surface area contributed by atoms with Crippen LogP contribution in [0.25, 0.3) is 0 Å². The molecule has 0 fully saturated rings. The first kappa shape index (κ1) is 5.94. The molecule has 7 heavy (non-hydrogen) atoms. The second kappa shape index (κ2) is 3.14. The van der Waals surface area contributed by atoms with Gasteiger partial charge in [0.1, 0.15) is 0 Å². The Morgan fingerprint density at radius 2 is 2.57 bits per heavy atom. The molecule has 0 spiro atoms. The lowest BCUT2D eigenvalue weighted by atomic mass is 10.8. The van der Waals surface area contributed by atoms with Gasteiger partial charge >= 0.3 is 5.97 Å². The molecule has 4 nitrogen and oxygen atoms in total. The molecular weight excluding hydrogens is 98.0 g/mol. The topological polar surface area (TPSA) is 58.9 Å². The van der Waals surface area contributed by atoms with Gasteiger partial charge < -0.3 is 9.94 Å².